The summed E-state index contributed by atoms with van der Waals surface area (Å²) in [7, 11) is 1.79. The zero-order valence-corrected chi connectivity index (χ0v) is 12.3. The van der Waals surface area contributed by atoms with Gasteiger partial charge in [-0.1, -0.05) is 6.07 Å². The molecule has 4 nitrogen and oxygen atoms in total. The van der Waals surface area contributed by atoms with Crippen LogP contribution in [0.3, 0.4) is 0 Å². The molecule has 3 rings (SSSR count). The fourth-order valence-corrected chi connectivity index (χ4v) is 2.90. The van der Waals surface area contributed by atoms with Crippen molar-refractivity contribution in [3.63, 3.8) is 0 Å². The summed E-state index contributed by atoms with van der Waals surface area (Å²) >= 11 is 0. The smallest absolute Gasteiger partial charge is 0.128 e. The van der Waals surface area contributed by atoms with Gasteiger partial charge in [0.05, 0.1) is 6.61 Å². The molecule has 0 radical (unpaired) electrons. The molecule has 1 saturated carbocycles. The number of anilines is 1. The van der Waals surface area contributed by atoms with Gasteiger partial charge < -0.3 is 15.0 Å². The molecule has 20 heavy (non-hydrogen) atoms. The predicted molar refractivity (Wildman–Crippen MR) is 80.9 cm³/mol. The van der Waals surface area contributed by atoms with E-state index in [-0.39, 0.29) is 0 Å². The molecular formula is C16H25N3O. The van der Waals surface area contributed by atoms with Crippen LogP contribution in [-0.2, 0) is 11.3 Å². The maximum absolute atomic E-state index is 5.29. The molecule has 1 atom stereocenters. The molecule has 0 amide bonds. The van der Waals surface area contributed by atoms with Crippen LogP contribution in [0.4, 0.5) is 5.82 Å². The van der Waals surface area contributed by atoms with Crippen molar-refractivity contribution in [1.82, 2.24) is 10.3 Å². The number of rotatable bonds is 6. The van der Waals surface area contributed by atoms with Crippen molar-refractivity contribution >= 4 is 5.82 Å². The topological polar surface area (TPSA) is 37.4 Å². The maximum atomic E-state index is 5.29. The minimum absolute atomic E-state index is 0.645. The number of hydrogen-bond donors (Lipinski definition) is 1. The third-order valence-electron chi connectivity index (χ3n) is 4.23. The van der Waals surface area contributed by atoms with Gasteiger partial charge in [-0.3, -0.25) is 0 Å². The lowest BCUT2D eigenvalue weighted by molar-refractivity contribution is 0.143. The standard InChI is InChI=1S/C16H25N3O/c1-20-12-14-3-2-8-19(11-14)16-7-4-13(10-18-16)9-17-15-5-6-15/h4,7,10,14-15,17H,2-3,5-6,8-9,11-12H2,1H3. The molecule has 0 bridgehead atoms. The predicted octanol–water partition coefficient (Wildman–Crippen LogP) is 2.20. The van der Waals surface area contributed by atoms with Crippen molar-refractivity contribution in [2.75, 3.05) is 31.7 Å². The van der Waals surface area contributed by atoms with Gasteiger partial charge in [0, 0.05) is 39.0 Å². The number of nitrogens with zero attached hydrogens (tertiary/aromatic N) is 2. The van der Waals surface area contributed by atoms with Gasteiger partial charge in [0.15, 0.2) is 0 Å². The monoisotopic (exact) mass is 275 g/mol. The van der Waals surface area contributed by atoms with E-state index in [1.807, 2.05) is 6.20 Å². The summed E-state index contributed by atoms with van der Waals surface area (Å²) in [6.45, 7) is 4.00. The molecule has 110 valence electrons. The quantitative estimate of drug-likeness (QED) is 0.863. The summed E-state index contributed by atoms with van der Waals surface area (Å²) in [5.74, 6) is 1.76. The van der Waals surface area contributed by atoms with Crippen LogP contribution in [0.5, 0.6) is 0 Å². The van der Waals surface area contributed by atoms with Gasteiger partial charge in [-0.05, 0) is 43.2 Å². The van der Waals surface area contributed by atoms with E-state index in [9.17, 15) is 0 Å². The highest BCUT2D eigenvalue weighted by Crippen LogP contribution is 2.22. The maximum Gasteiger partial charge on any atom is 0.128 e. The van der Waals surface area contributed by atoms with Crippen LogP contribution in [0.1, 0.15) is 31.2 Å². The summed E-state index contributed by atoms with van der Waals surface area (Å²) < 4.78 is 5.29. The highest BCUT2D eigenvalue weighted by Gasteiger charge is 2.21. The minimum atomic E-state index is 0.645. The van der Waals surface area contributed by atoms with Crippen LogP contribution in [-0.4, -0.2) is 37.8 Å². The molecule has 1 aromatic heterocycles. The van der Waals surface area contributed by atoms with Gasteiger partial charge in [-0.25, -0.2) is 4.98 Å². The molecule has 1 aliphatic heterocycles. The molecule has 2 heterocycles. The molecule has 0 spiro atoms. The minimum Gasteiger partial charge on any atom is -0.384 e. The van der Waals surface area contributed by atoms with Gasteiger partial charge in [0.2, 0.25) is 0 Å². The van der Waals surface area contributed by atoms with Crippen molar-refractivity contribution in [2.45, 2.75) is 38.3 Å². The van der Waals surface area contributed by atoms with E-state index < -0.39 is 0 Å². The van der Waals surface area contributed by atoms with Crippen LogP contribution in [0.15, 0.2) is 18.3 Å². The Kier molecular flexibility index (Phi) is 4.53. The van der Waals surface area contributed by atoms with Crippen LogP contribution in [0.2, 0.25) is 0 Å². The molecular weight excluding hydrogens is 250 g/mol. The number of hydrogen-bond acceptors (Lipinski definition) is 4. The third-order valence-corrected chi connectivity index (χ3v) is 4.23. The lowest BCUT2D eigenvalue weighted by Gasteiger charge is -2.33. The lowest BCUT2D eigenvalue weighted by atomic mass is 9.99. The van der Waals surface area contributed by atoms with E-state index in [0.717, 1.165) is 38.1 Å². The normalized spacial score (nSPS) is 23.1. The Hall–Kier alpha value is -1.13. The van der Waals surface area contributed by atoms with Crippen LogP contribution >= 0.6 is 0 Å². The summed E-state index contributed by atoms with van der Waals surface area (Å²) in [5.41, 5.74) is 1.28. The first kappa shape index (κ1) is 13.8. The van der Waals surface area contributed by atoms with Crippen molar-refractivity contribution < 1.29 is 4.74 Å². The zero-order valence-electron chi connectivity index (χ0n) is 12.3. The average Bonchev–Trinajstić information content (AvgIpc) is 3.31. The lowest BCUT2D eigenvalue weighted by Crippen LogP contribution is -2.37. The number of aromatic nitrogens is 1. The van der Waals surface area contributed by atoms with Crippen LogP contribution < -0.4 is 10.2 Å². The van der Waals surface area contributed by atoms with Gasteiger partial charge in [-0.15, -0.1) is 0 Å². The second-order valence-electron chi connectivity index (χ2n) is 6.09. The first-order valence-corrected chi connectivity index (χ1v) is 7.77. The van der Waals surface area contributed by atoms with Crippen molar-refractivity contribution in [2.24, 2.45) is 5.92 Å². The summed E-state index contributed by atoms with van der Waals surface area (Å²) in [4.78, 5) is 7.03. The highest BCUT2D eigenvalue weighted by atomic mass is 16.5. The fourth-order valence-electron chi connectivity index (χ4n) is 2.90. The number of nitrogens with one attached hydrogen (secondary N) is 1. The Bertz CT molecular complexity index is 414. The number of ether oxygens (including phenoxy) is 1. The van der Waals surface area contributed by atoms with Gasteiger partial charge in [-0.2, -0.15) is 0 Å². The van der Waals surface area contributed by atoms with E-state index in [1.54, 1.807) is 7.11 Å². The Labute approximate surface area is 121 Å². The van der Waals surface area contributed by atoms with E-state index in [0.29, 0.717) is 5.92 Å². The summed E-state index contributed by atoms with van der Waals surface area (Å²) in [5, 5.41) is 3.53. The first-order chi connectivity index (χ1) is 9.85. The second-order valence-corrected chi connectivity index (χ2v) is 6.09. The fraction of sp³-hybridized carbons (Fsp3) is 0.688. The molecule has 0 aromatic carbocycles. The Morgan fingerprint density at radius 2 is 2.25 bits per heavy atom. The molecule has 1 N–H and O–H groups in total. The number of piperidine rings is 1. The van der Waals surface area contributed by atoms with Crippen molar-refractivity contribution in [3.8, 4) is 0 Å². The molecule has 1 aromatic rings. The molecule has 1 aliphatic carbocycles. The average molecular weight is 275 g/mol. The third kappa shape index (κ3) is 3.70. The van der Waals surface area contributed by atoms with Gasteiger partial charge >= 0.3 is 0 Å². The SMILES string of the molecule is COCC1CCCN(c2ccc(CNC3CC3)cn2)C1. The largest absolute Gasteiger partial charge is 0.384 e. The van der Waals surface area contributed by atoms with E-state index in [2.05, 4.69) is 27.3 Å². The molecule has 1 unspecified atom stereocenters. The summed E-state index contributed by atoms with van der Waals surface area (Å²) in [6.07, 6.45) is 7.19. The van der Waals surface area contributed by atoms with Crippen LogP contribution in [0, 0.1) is 5.92 Å². The van der Waals surface area contributed by atoms with Gasteiger partial charge in [0.25, 0.3) is 0 Å². The van der Waals surface area contributed by atoms with Crippen LogP contribution in [0.25, 0.3) is 0 Å². The van der Waals surface area contributed by atoms with E-state index >= 15 is 0 Å². The van der Waals surface area contributed by atoms with E-state index in [1.165, 1.54) is 31.2 Å². The Balaban J connectivity index is 1.55. The number of methoxy groups -OCH3 is 1. The van der Waals surface area contributed by atoms with Crippen molar-refractivity contribution in [1.29, 1.82) is 0 Å². The van der Waals surface area contributed by atoms with Gasteiger partial charge in [0.1, 0.15) is 5.82 Å². The molecule has 2 fully saturated rings. The second kappa shape index (κ2) is 6.55. The molecule has 1 saturated heterocycles. The Morgan fingerprint density at radius 3 is 2.95 bits per heavy atom. The molecule has 4 heteroatoms. The van der Waals surface area contributed by atoms with Crippen molar-refractivity contribution in [3.05, 3.63) is 23.9 Å². The van der Waals surface area contributed by atoms with E-state index in [4.69, 9.17) is 4.74 Å². The highest BCUT2D eigenvalue weighted by molar-refractivity contribution is 5.39. The summed E-state index contributed by atoms with van der Waals surface area (Å²) in [6, 6.07) is 5.13. The zero-order chi connectivity index (χ0) is 13.8. The number of pyridine rings is 1. The molecule has 2 aliphatic rings. The first-order valence-electron chi connectivity index (χ1n) is 7.77. The Morgan fingerprint density at radius 1 is 1.35 bits per heavy atom.